The second-order valence-corrected chi connectivity index (χ2v) is 7.10. The molecular formula is C25H19F4NO3. The van der Waals surface area contributed by atoms with Crippen LogP contribution in [0.4, 0.5) is 23.2 Å². The number of hydrogen-bond acceptors (Lipinski definition) is 4. The van der Waals surface area contributed by atoms with E-state index in [0.717, 1.165) is 17.0 Å². The van der Waals surface area contributed by atoms with Crippen LogP contribution in [0.25, 0.3) is 11.3 Å². The van der Waals surface area contributed by atoms with E-state index in [2.05, 4.69) is 10.1 Å². The molecular weight excluding hydrogens is 438 g/mol. The molecule has 4 nitrogen and oxygen atoms in total. The van der Waals surface area contributed by atoms with Crippen molar-refractivity contribution in [3.8, 4) is 28.6 Å². The Labute approximate surface area is 187 Å². The number of anilines is 1. The first-order valence-electron chi connectivity index (χ1n) is 9.99. The van der Waals surface area contributed by atoms with Gasteiger partial charge in [-0.05, 0) is 54.1 Å². The first kappa shape index (κ1) is 22.3. The first-order chi connectivity index (χ1) is 15.9. The third-order valence-electron chi connectivity index (χ3n) is 4.61. The Balaban J connectivity index is 1.40. The van der Waals surface area contributed by atoms with Crippen LogP contribution >= 0.6 is 0 Å². The van der Waals surface area contributed by atoms with E-state index in [1.54, 1.807) is 30.5 Å². The van der Waals surface area contributed by atoms with Gasteiger partial charge in [-0.1, -0.05) is 30.3 Å². The molecule has 0 spiro atoms. The highest BCUT2D eigenvalue weighted by atomic mass is 19.3. The van der Waals surface area contributed by atoms with E-state index in [0.29, 0.717) is 17.1 Å². The molecule has 0 amide bonds. The van der Waals surface area contributed by atoms with E-state index in [4.69, 9.17) is 9.15 Å². The predicted octanol–water partition coefficient (Wildman–Crippen LogP) is 7.59. The molecule has 8 heteroatoms. The van der Waals surface area contributed by atoms with Gasteiger partial charge in [0, 0.05) is 23.9 Å². The van der Waals surface area contributed by atoms with Gasteiger partial charge in [-0.2, -0.15) is 17.6 Å². The van der Waals surface area contributed by atoms with Crippen molar-refractivity contribution in [2.24, 2.45) is 0 Å². The van der Waals surface area contributed by atoms with E-state index >= 15 is 0 Å². The van der Waals surface area contributed by atoms with Gasteiger partial charge in [0.2, 0.25) is 0 Å². The Morgan fingerprint density at radius 1 is 0.818 bits per heavy atom. The van der Waals surface area contributed by atoms with Crippen molar-refractivity contribution in [3.05, 3.63) is 96.8 Å². The molecule has 0 radical (unpaired) electrons. The van der Waals surface area contributed by atoms with Crippen molar-refractivity contribution in [1.29, 1.82) is 0 Å². The number of furan rings is 1. The Morgan fingerprint density at radius 3 is 2.30 bits per heavy atom. The van der Waals surface area contributed by atoms with Crippen LogP contribution in [0.2, 0.25) is 0 Å². The standard InChI is InChI=1S/C25H19F4NO3/c26-24(27)25(28,29)33-22-10-1-5-17(13-22)16-30-19-7-3-9-21(15-19)32-20-8-2-6-18(14-20)23-11-4-12-31-23/h1-15,24,30H,16H2. The fourth-order valence-corrected chi connectivity index (χ4v) is 3.09. The molecule has 0 saturated carbocycles. The number of rotatable bonds is 9. The minimum absolute atomic E-state index is 0.259. The number of benzene rings is 3. The summed E-state index contributed by atoms with van der Waals surface area (Å²) in [6.45, 7) is 0.259. The Hall–Kier alpha value is -3.94. The summed E-state index contributed by atoms with van der Waals surface area (Å²) in [5, 5.41) is 3.15. The van der Waals surface area contributed by atoms with E-state index in [1.165, 1.54) is 18.2 Å². The normalized spacial score (nSPS) is 11.4. The van der Waals surface area contributed by atoms with Gasteiger partial charge in [0.1, 0.15) is 23.0 Å². The summed E-state index contributed by atoms with van der Waals surface area (Å²) >= 11 is 0. The van der Waals surface area contributed by atoms with E-state index in [9.17, 15) is 17.6 Å². The monoisotopic (exact) mass is 457 g/mol. The Kier molecular flexibility index (Phi) is 6.53. The number of alkyl halides is 4. The molecule has 1 heterocycles. The molecule has 1 N–H and O–H groups in total. The van der Waals surface area contributed by atoms with Crippen LogP contribution in [-0.4, -0.2) is 12.5 Å². The smallest absolute Gasteiger partial charge is 0.461 e. The van der Waals surface area contributed by atoms with Crippen molar-refractivity contribution >= 4 is 5.69 Å². The van der Waals surface area contributed by atoms with Crippen LogP contribution in [0.5, 0.6) is 17.2 Å². The lowest BCUT2D eigenvalue weighted by Gasteiger charge is -2.17. The van der Waals surface area contributed by atoms with Gasteiger partial charge in [-0.3, -0.25) is 0 Å². The topological polar surface area (TPSA) is 43.6 Å². The zero-order valence-electron chi connectivity index (χ0n) is 17.2. The quantitative estimate of drug-likeness (QED) is 0.263. The van der Waals surface area contributed by atoms with Crippen LogP contribution < -0.4 is 14.8 Å². The van der Waals surface area contributed by atoms with Gasteiger partial charge in [-0.25, -0.2) is 0 Å². The number of hydrogen-bond donors (Lipinski definition) is 1. The van der Waals surface area contributed by atoms with E-state index in [1.807, 2.05) is 42.5 Å². The van der Waals surface area contributed by atoms with Gasteiger partial charge < -0.3 is 19.2 Å². The summed E-state index contributed by atoms with van der Waals surface area (Å²) in [5.74, 6) is 1.61. The third kappa shape index (κ3) is 5.85. The van der Waals surface area contributed by atoms with E-state index in [-0.39, 0.29) is 12.3 Å². The predicted molar refractivity (Wildman–Crippen MR) is 116 cm³/mol. The maximum absolute atomic E-state index is 13.1. The van der Waals surface area contributed by atoms with Gasteiger partial charge >= 0.3 is 12.5 Å². The molecule has 0 fully saturated rings. The molecule has 0 bridgehead atoms. The molecule has 0 saturated heterocycles. The van der Waals surface area contributed by atoms with Gasteiger partial charge in [-0.15, -0.1) is 0 Å². The number of halogens is 4. The highest BCUT2D eigenvalue weighted by Gasteiger charge is 2.43. The molecule has 0 aliphatic heterocycles. The molecule has 0 atom stereocenters. The molecule has 170 valence electrons. The molecule has 4 rings (SSSR count). The number of nitrogens with one attached hydrogen (secondary N) is 1. The summed E-state index contributed by atoms with van der Waals surface area (Å²) in [5.41, 5.74) is 2.18. The van der Waals surface area contributed by atoms with Crippen molar-refractivity contribution in [3.63, 3.8) is 0 Å². The zero-order valence-corrected chi connectivity index (χ0v) is 17.2. The van der Waals surface area contributed by atoms with Crippen molar-refractivity contribution in [2.75, 3.05) is 5.32 Å². The minimum atomic E-state index is -4.55. The molecule has 0 unspecified atom stereocenters. The fourth-order valence-electron chi connectivity index (χ4n) is 3.09. The van der Waals surface area contributed by atoms with Gasteiger partial charge in [0.15, 0.2) is 0 Å². The summed E-state index contributed by atoms with van der Waals surface area (Å²) < 4.78 is 66.5. The third-order valence-corrected chi connectivity index (χ3v) is 4.61. The summed E-state index contributed by atoms with van der Waals surface area (Å²) in [4.78, 5) is 0. The summed E-state index contributed by atoms with van der Waals surface area (Å²) in [7, 11) is 0. The SMILES string of the molecule is FC(F)C(F)(F)Oc1cccc(CNc2cccc(Oc3cccc(-c4ccco4)c3)c2)c1. The molecule has 3 aromatic carbocycles. The van der Waals surface area contributed by atoms with Crippen LogP contribution in [0, 0.1) is 0 Å². The second kappa shape index (κ2) is 9.68. The van der Waals surface area contributed by atoms with Crippen LogP contribution in [0.15, 0.2) is 95.6 Å². The van der Waals surface area contributed by atoms with Crippen molar-refractivity contribution in [2.45, 2.75) is 19.1 Å². The second-order valence-electron chi connectivity index (χ2n) is 7.10. The van der Waals surface area contributed by atoms with E-state index < -0.39 is 12.5 Å². The first-order valence-corrected chi connectivity index (χ1v) is 9.99. The number of ether oxygens (including phenoxy) is 2. The molecule has 33 heavy (non-hydrogen) atoms. The van der Waals surface area contributed by atoms with Crippen molar-refractivity contribution in [1.82, 2.24) is 0 Å². The molecule has 1 aromatic heterocycles. The average Bonchev–Trinajstić information content (AvgIpc) is 3.33. The zero-order chi connectivity index (χ0) is 23.3. The Bertz CT molecular complexity index is 1200. The van der Waals surface area contributed by atoms with Crippen LogP contribution in [0.1, 0.15) is 5.56 Å². The lowest BCUT2D eigenvalue weighted by molar-refractivity contribution is -0.253. The lowest BCUT2D eigenvalue weighted by atomic mass is 10.1. The van der Waals surface area contributed by atoms with Crippen LogP contribution in [-0.2, 0) is 6.54 Å². The average molecular weight is 457 g/mol. The maximum Gasteiger partial charge on any atom is 0.461 e. The molecule has 0 aliphatic carbocycles. The van der Waals surface area contributed by atoms with Gasteiger partial charge in [0.05, 0.1) is 6.26 Å². The molecule has 0 aliphatic rings. The molecule has 4 aromatic rings. The van der Waals surface area contributed by atoms with Crippen molar-refractivity contribution < 1.29 is 31.5 Å². The largest absolute Gasteiger partial charge is 0.464 e. The van der Waals surface area contributed by atoms with Gasteiger partial charge in [0.25, 0.3) is 0 Å². The summed E-state index contributed by atoms with van der Waals surface area (Å²) in [6.07, 6.45) is -6.86. The lowest BCUT2D eigenvalue weighted by Crippen LogP contribution is -2.33. The fraction of sp³-hybridized carbons (Fsp3) is 0.120. The highest BCUT2D eigenvalue weighted by molar-refractivity contribution is 5.60. The minimum Gasteiger partial charge on any atom is -0.464 e. The highest BCUT2D eigenvalue weighted by Crippen LogP contribution is 2.30. The summed E-state index contributed by atoms with van der Waals surface area (Å²) in [6, 6.07) is 23.9. The maximum atomic E-state index is 13.1. The Morgan fingerprint density at radius 2 is 1.55 bits per heavy atom. The van der Waals surface area contributed by atoms with Crippen LogP contribution in [0.3, 0.4) is 0 Å².